The Morgan fingerprint density at radius 3 is 2.68 bits per heavy atom. The SMILES string of the molecule is CCNC(=NCCc1ccc(OC)cc1)N1CCN(c2cnn(C)c2)C(=O)C1. The maximum Gasteiger partial charge on any atom is 0.246 e. The number of carbonyl (C=O) groups is 1. The van der Waals surface area contributed by atoms with Crippen LogP contribution in [-0.2, 0) is 18.3 Å². The topological polar surface area (TPSA) is 75.0 Å². The summed E-state index contributed by atoms with van der Waals surface area (Å²) in [6, 6.07) is 8.02. The van der Waals surface area contributed by atoms with E-state index in [1.54, 1.807) is 22.9 Å². The van der Waals surface area contributed by atoms with Gasteiger partial charge in [-0.3, -0.25) is 14.5 Å². The van der Waals surface area contributed by atoms with Crippen molar-refractivity contribution < 1.29 is 9.53 Å². The molecule has 150 valence electrons. The number of guanidine groups is 1. The van der Waals surface area contributed by atoms with Crippen molar-refractivity contribution in [3.05, 3.63) is 42.2 Å². The van der Waals surface area contributed by atoms with Gasteiger partial charge in [0.05, 0.1) is 19.0 Å². The average Bonchev–Trinajstić information content (AvgIpc) is 3.13. The highest BCUT2D eigenvalue weighted by Gasteiger charge is 2.27. The van der Waals surface area contributed by atoms with Gasteiger partial charge in [-0.25, -0.2) is 0 Å². The number of carbonyl (C=O) groups excluding carboxylic acids is 1. The van der Waals surface area contributed by atoms with Crippen molar-refractivity contribution in [1.29, 1.82) is 0 Å². The number of hydrogen-bond acceptors (Lipinski definition) is 4. The number of ether oxygens (including phenoxy) is 1. The van der Waals surface area contributed by atoms with Gasteiger partial charge in [-0.05, 0) is 31.0 Å². The predicted molar refractivity (Wildman–Crippen MR) is 110 cm³/mol. The van der Waals surface area contributed by atoms with Gasteiger partial charge >= 0.3 is 0 Å². The van der Waals surface area contributed by atoms with Gasteiger partial charge in [0.15, 0.2) is 5.96 Å². The molecule has 3 rings (SSSR count). The highest BCUT2D eigenvalue weighted by molar-refractivity contribution is 5.98. The Bertz CT molecular complexity index is 814. The first-order chi connectivity index (χ1) is 13.6. The number of methoxy groups -OCH3 is 1. The molecule has 1 aliphatic heterocycles. The number of amides is 1. The minimum absolute atomic E-state index is 0.0556. The highest BCUT2D eigenvalue weighted by atomic mass is 16.5. The summed E-state index contributed by atoms with van der Waals surface area (Å²) in [6.45, 7) is 5.11. The van der Waals surface area contributed by atoms with E-state index in [2.05, 4.69) is 22.5 Å². The Labute approximate surface area is 165 Å². The maximum absolute atomic E-state index is 12.6. The van der Waals surface area contributed by atoms with E-state index in [1.807, 2.05) is 37.2 Å². The molecule has 8 nitrogen and oxygen atoms in total. The number of rotatable bonds is 6. The standard InChI is InChI=1S/C20H28N6O2/c1-4-21-20(22-10-9-16-5-7-18(28-3)8-6-16)25-11-12-26(19(27)15-25)17-13-23-24(2)14-17/h5-8,13-14H,4,9-12,15H2,1-3H3,(H,21,22). The third-order valence-corrected chi connectivity index (χ3v) is 4.68. The van der Waals surface area contributed by atoms with Crippen LogP contribution in [0.25, 0.3) is 0 Å². The van der Waals surface area contributed by atoms with E-state index >= 15 is 0 Å². The summed E-state index contributed by atoms with van der Waals surface area (Å²) >= 11 is 0. The number of aryl methyl sites for hydroxylation is 1. The largest absolute Gasteiger partial charge is 0.497 e. The lowest BCUT2D eigenvalue weighted by Crippen LogP contribution is -2.55. The van der Waals surface area contributed by atoms with Crippen LogP contribution < -0.4 is 15.0 Å². The second kappa shape index (κ2) is 9.25. The number of piperazine rings is 1. The zero-order valence-corrected chi connectivity index (χ0v) is 16.8. The van der Waals surface area contributed by atoms with Gasteiger partial charge in [-0.15, -0.1) is 0 Å². The van der Waals surface area contributed by atoms with Crippen molar-refractivity contribution in [2.75, 3.05) is 44.7 Å². The molecule has 0 bridgehead atoms. The van der Waals surface area contributed by atoms with Gasteiger partial charge < -0.3 is 19.9 Å². The van der Waals surface area contributed by atoms with Gasteiger partial charge in [0.25, 0.3) is 0 Å². The van der Waals surface area contributed by atoms with Crippen molar-refractivity contribution in [1.82, 2.24) is 20.0 Å². The fourth-order valence-electron chi connectivity index (χ4n) is 3.18. The molecule has 1 N–H and O–H groups in total. The number of anilines is 1. The quantitative estimate of drug-likeness (QED) is 0.600. The fourth-order valence-corrected chi connectivity index (χ4v) is 3.18. The lowest BCUT2D eigenvalue weighted by molar-refractivity contribution is -0.120. The molecule has 8 heteroatoms. The molecule has 0 saturated carbocycles. The number of aromatic nitrogens is 2. The molecule has 1 aromatic heterocycles. The molecule has 2 heterocycles. The molecule has 28 heavy (non-hydrogen) atoms. The van der Waals surface area contributed by atoms with Crippen molar-refractivity contribution in [3.8, 4) is 5.75 Å². The summed E-state index contributed by atoms with van der Waals surface area (Å²) in [5.74, 6) is 1.70. The molecule has 0 radical (unpaired) electrons. The smallest absolute Gasteiger partial charge is 0.246 e. The van der Waals surface area contributed by atoms with Gasteiger partial charge in [0.1, 0.15) is 12.3 Å². The Kier molecular flexibility index (Phi) is 6.52. The Balaban J connectivity index is 1.60. The van der Waals surface area contributed by atoms with E-state index in [1.165, 1.54) is 5.56 Å². The van der Waals surface area contributed by atoms with E-state index in [4.69, 9.17) is 9.73 Å². The van der Waals surface area contributed by atoms with Crippen LogP contribution in [0.3, 0.4) is 0 Å². The summed E-state index contributed by atoms with van der Waals surface area (Å²) in [7, 11) is 3.51. The lowest BCUT2D eigenvalue weighted by Gasteiger charge is -2.35. The van der Waals surface area contributed by atoms with Crippen LogP contribution in [0.2, 0.25) is 0 Å². The molecule has 0 spiro atoms. The van der Waals surface area contributed by atoms with Crippen LogP contribution in [0.4, 0.5) is 5.69 Å². The van der Waals surface area contributed by atoms with Crippen molar-refractivity contribution in [2.45, 2.75) is 13.3 Å². The van der Waals surface area contributed by atoms with Crippen LogP contribution in [0.5, 0.6) is 5.75 Å². The summed E-state index contributed by atoms with van der Waals surface area (Å²) in [4.78, 5) is 21.2. The third-order valence-electron chi connectivity index (χ3n) is 4.68. The molecule has 1 aromatic carbocycles. The first-order valence-electron chi connectivity index (χ1n) is 9.56. The molecule has 0 atom stereocenters. The Morgan fingerprint density at radius 2 is 2.07 bits per heavy atom. The highest BCUT2D eigenvalue weighted by Crippen LogP contribution is 2.16. The second-order valence-corrected chi connectivity index (χ2v) is 6.67. The minimum Gasteiger partial charge on any atom is -0.497 e. The van der Waals surface area contributed by atoms with Gasteiger partial charge in [0, 0.05) is 39.4 Å². The monoisotopic (exact) mass is 384 g/mol. The number of hydrogen-bond donors (Lipinski definition) is 1. The minimum atomic E-state index is 0.0556. The van der Waals surface area contributed by atoms with Crippen LogP contribution in [0.15, 0.2) is 41.7 Å². The van der Waals surface area contributed by atoms with E-state index in [9.17, 15) is 4.79 Å². The molecular weight excluding hydrogens is 356 g/mol. The summed E-state index contributed by atoms with van der Waals surface area (Å²) in [5, 5.41) is 7.46. The van der Waals surface area contributed by atoms with Crippen LogP contribution in [0.1, 0.15) is 12.5 Å². The van der Waals surface area contributed by atoms with E-state index in [0.29, 0.717) is 19.6 Å². The van der Waals surface area contributed by atoms with Gasteiger partial charge in [-0.1, -0.05) is 12.1 Å². The Hall–Kier alpha value is -3.03. The van der Waals surface area contributed by atoms with E-state index < -0.39 is 0 Å². The van der Waals surface area contributed by atoms with Crippen molar-refractivity contribution >= 4 is 17.6 Å². The predicted octanol–water partition coefficient (Wildman–Crippen LogP) is 1.29. The lowest BCUT2D eigenvalue weighted by atomic mass is 10.1. The average molecular weight is 384 g/mol. The molecular formula is C20H28N6O2. The Morgan fingerprint density at radius 1 is 1.29 bits per heavy atom. The summed E-state index contributed by atoms with van der Waals surface area (Å²) in [6.07, 6.45) is 4.42. The van der Waals surface area contributed by atoms with E-state index in [-0.39, 0.29) is 5.91 Å². The molecule has 1 amide bonds. The number of aliphatic imine (C=N–C) groups is 1. The molecule has 0 unspecified atom stereocenters. The normalized spacial score (nSPS) is 15.1. The van der Waals surface area contributed by atoms with Gasteiger partial charge in [-0.2, -0.15) is 5.10 Å². The first-order valence-corrected chi connectivity index (χ1v) is 9.56. The zero-order valence-electron chi connectivity index (χ0n) is 16.8. The van der Waals surface area contributed by atoms with Crippen LogP contribution in [0, 0.1) is 0 Å². The molecule has 1 aliphatic rings. The third kappa shape index (κ3) is 4.82. The van der Waals surface area contributed by atoms with Crippen molar-refractivity contribution in [3.63, 3.8) is 0 Å². The first kappa shape index (κ1) is 19.7. The maximum atomic E-state index is 12.6. The fraction of sp³-hybridized carbons (Fsp3) is 0.450. The second-order valence-electron chi connectivity index (χ2n) is 6.67. The molecule has 2 aromatic rings. The summed E-state index contributed by atoms with van der Waals surface area (Å²) < 4.78 is 6.90. The molecule has 1 saturated heterocycles. The number of nitrogens with one attached hydrogen (secondary N) is 1. The number of nitrogens with zero attached hydrogens (tertiary/aromatic N) is 5. The summed E-state index contributed by atoms with van der Waals surface area (Å²) in [5.41, 5.74) is 2.05. The van der Waals surface area contributed by atoms with Crippen molar-refractivity contribution in [2.24, 2.45) is 12.0 Å². The van der Waals surface area contributed by atoms with Gasteiger partial charge in [0.2, 0.25) is 5.91 Å². The number of benzene rings is 1. The van der Waals surface area contributed by atoms with Crippen LogP contribution in [-0.4, -0.2) is 66.4 Å². The molecule has 1 fully saturated rings. The zero-order chi connectivity index (χ0) is 19.9. The van der Waals surface area contributed by atoms with E-state index in [0.717, 1.165) is 36.9 Å². The molecule has 0 aliphatic carbocycles. The van der Waals surface area contributed by atoms with Crippen LogP contribution >= 0.6 is 0 Å².